The van der Waals surface area contributed by atoms with Crippen LogP contribution in [0.2, 0.25) is 0 Å². The number of hydrogen-bond donors (Lipinski definition) is 1. The van der Waals surface area contributed by atoms with Gasteiger partial charge in [-0.05, 0) is 32.0 Å². The molecule has 10 heteroatoms. The molecule has 34 heavy (non-hydrogen) atoms. The van der Waals surface area contributed by atoms with Crippen LogP contribution in [0.5, 0.6) is 11.5 Å². The molecule has 0 radical (unpaired) electrons. The van der Waals surface area contributed by atoms with Gasteiger partial charge >= 0.3 is 0 Å². The molecule has 0 atom stereocenters. The molecule has 0 bridgehead atoms. The molecule has 5 heterocycles. The van der Waals surface area contributed by atoms with E-state index < -0.39 is 5.82 Å². The lowest BCUT2D eigenvalue weighted by Gasteiger charge is -2.32. The van der Waals surface area contributed by atoms with Crippen molar-refractivity contribution in [3.8, 4) is 11.5 Å². The molecule has 0 spiro atoms. The summed E-state index contributed by atoms with van der Waals surface area (Å²) in [5.41, 5.74) is 1.98. The van der Waals surface area contributed by atoms with Gasteiger partial charge in [-0.25, -0.2) is 4.39 Å². The average molecular weight is 490 g/mol. The maximum Gasteiger partial charge on any atom is 0.251 e. The van der Waals surface area contributed by atoms with Gasteiger partial charge in [-0.15, -0.1) is 12.4 Å². The Morgan fingerprint density at radius 2 is 1.82 bits per heavy atom. The lowest BCUT2D eigenvalue weighted by molar-refractivity contribution is 0.191. The number of halogens is 2. The summed E-state index contributed by atoms with van der Waals surface area (Å²) < 4.78 is 26.7. The Hall–Kier alpha value is -2.75. The van der Waals surface area contributed by atoms with Crippen molar-refractivity contribution >= 4 is 23.4 Å². The van der Waals surface area contributed by atoms with Gasteiger partial charge in [-0.3, -0.25) is 14.8 Å². The van der Waals surface area contributed by atoms with Crippen LogP contribution in [0.3, 0.4) is 0 Å². The maximum atomic E-state index is 13.7. The number of rotatable bonds is 6. The monoisotopic (exact) mass is 489 g/mol. The van der Waals surface area contributed by atoms with E-state index in [2.05, 4.69) is 20.2 Å². The quantitative estimate of drug-likeness (QED) is 0.570. The third-order valence-electron chi connectivity index (χ3n) is 6.30. The fourth-order valence-corrected chi connectivity index (χ4v) is 4.43. The molecule has 1 N–H and O–H groups in total. The summed E-state index contributed by atoms with van der Waals surface area (Å²) in [6.07, 6.45) is 5.84. The summed E-state index contributed by atoms with van der Waals surface area (Å²) in [6.45, 7) is 5.15. The second-order valence-electron chi connectivity index (χ2n) is 8.55. The molecule has 3 aromatic rings. The molecule has 3 aromatic heterocycles. The summed E-state index contributed by atoms with van der Waals surface area (Å²) >= 11 is 0. The van der Waals surface area contributed by atoms with Crippen LogP contribution in [0.25, 0.3) is 11.0 Å². The zero-order valence-electron chi connectivity index (χ0n) is 18.9. The van der Waals surface area contributed by atoms with Crippen LogP contribution >= 0.6 is 12.4 Å². The Kier molecular flexibility index (Phi) is 7.97. The number of piperidine rings is 1. The molecule has 182 valence electrons. The molecule has 0 unspecified atom stereocenters. The summed E-state index contributed by atoms with van der Waals surface area (Å²) in [7, 11) is 0. The third kappa shape index (κ3) is 5.65. The van der Waals surface area contributed by atoms with Crippen LogP contribution < -0.4 is 20.3 Å². The SMILES string of the molecule is Cl.O=c1ccc2ncc(F)cc2n1CCN1CCC(NCc2cc3c(cn2)OCCCO3)CC1. The topological polar surface area (TPSA) is 81.5 Å². The van der Waals surface area contributed by atoms with Crippen molar-refractivity contribution in [2.75, 3.05) is 32.8 Å². The van der Waals surface area contributed by atoms with E-state index in [0.29, 0.717) is 49.1 Å². The van der Waals surface area contributed by atoms with Gasteiger partial charge in [0.15, 0.2) is 11.5 Å². The van der Waals surface area contributed by atoms with Gasteiger partial charge in [0.2, 0.25) is 0 Å². The van der Waals surface area contributed by atoms with E-state index in [0.717, 1.165) is 50.3 Å². The first-order valence-corrected chi connectivity index (χ1v) is 11.5. The van der Waals surface area contributed by atoms with Crippen LogP contribution in [0.15, 0.2) is 41.5 Å². The molecular formula is C24H29ClFN5O3. The minimum absolute atomic E-state index is 0. The third-order valence-corrected chi connectivity index (χ3v) is 6.30. The van der Waals surface area contributed by atoms with Crippen LogP contribution in [0, 0.1) is 5.82 Å². The highest BCUT2D eigenvalue weighted by molar-refractivity contribution is 5.85. The van der Waals surface area contributed by atoms with Gasteiger partial charge in [0.05, 0.1) is 42.3 Å². The smallest absolute Gasteiger partial charge is 0.251 e. The zero-order valence-corrected chi connectivity index (χ0v) is 19.7. The second kappa shape index (κ2) is 11.1. The molecule has 0 aliphatic carbocycles. The minimum Gasteiger partial charge on any atom is -0.489 e. The van der Waals surface area contributed by atoms with Crippen LogP contribution in [-0.2, 0) is 13.1 Å². The van der Waals surface area contributed by atoms with Gasteiger partial charge in [0.25, 0.3) is 5.56 Å². The highest BCUT2D eigenvalue weighted by atomic mass is 35.5. The van der Waals surface area contributed by atoms with Gasteiger partial charge in [-0.1, -0.05) is 0 Å². The zero-order chi connectivity index (χ0) is 22.6. The normalized spacial score (nSPS) is 16.7. The van der Waals surface area contributed by atoms with Crippen molar-refractivity contribution in [1.29, 1.82) is 0 Å². The molecule has 1 fully saturated rings. The Bertz CT molecular complexity index is 1180. The summed E-state index contributed by atoms with van der Waals surface area (Å²) in [5, 5.41) is 3.60. The molecular weight excluding hydrogens is 461 g/mol. The van der Waals surface area contributed by atoms with Crippen LogP contribution in [-0.4, -0.2) is 58.3 Å². The molecule has 2 aliphatic heterocycles. The lowest BCUT2D eigenvalue weighted by Crippen LogP contribution is -2.43. The number of nitrogens with one attached hydrogen (secondary N) is 1. The fourth-order valence-electron chi connectivity index (χ4n) is 4.43. The van der Waals surface area contributed by atoms with E-state index >= 15 is 0 Å². The van der Waals surface area contributed by atoms with E-state index in [1.54, 1.807) is 16.8 Å². The molecule has 5 rings (SSSR count). The summed E-state index contributed by atoms with van der Waals surface area (Å²) in [4.78, 5) is 23.3. The van der Waals surface area contributed by atoms with E-state index in [-0.39, 0.29) is 18.0 Å². The number of ether oxygens (including phenoxy) is 2. The van der Waals surface area contributed by atoms with E-state index in [9.17, 15) is 9.18 Å². The Morgan fingerprint density at radius 3 is 2.65 bits per heavy atom. The number of fused-ring (bicyclic) bond motifs is 2. The van der Waals surface area contributed by atoms with Crippen LogP contribution in [0.4, 0.5) is 4.39 Å². The van der Waals surface area contributed by atoms with Crippen molar-refractivity contribution < 1.29 is 13.9 Å². The maximum absolute atomic E-state index is 13.7. The molecule has 0 aromatic carbocycles. The largest absolute Gasteiger partial charge is 0.489 e. The molecule has 0 amide bonds. The first-order chi connectivity index (χ1) is 16.2. The molecule has 0 saturated carbocycles. The predicted molar refractivity (Wildman–Crippen MR) is 129 cm³/mol. The van der Waals surface area contributed by atoms with Gasteiger partial charge in [0, 0.05) is 50.3 Å². The van der Waals surface area contributed by atoms with Crippen molar-refractivity contribution in [1.82, 2.24) is 24.8 Å². The summed E-state index contributed by atoms with van der Waals surface area (Å²) in [6, 6.07) is 6.90. The van der Waals surface area contributed by atoms with Gasteiger partial charge in [0.1, 0.15) is 5.82 Å². The minimum atomic E-state index is -0.434. The van der Waals surface area contributed by atoms with E-state index in [1.807, 2.05) is 6.07 Å². The van der Waals surface area contributed by atoms with Gasteiger partial charge < -0.3 is 24.3 Å². The van der Waals surface area contributed by atoms with Crippen molar-refractivity contribution in [2.45, 2.75) is 38.4 Å². The van der Waals surface area contributed by atoms with Crippen molar-refractivity contribution in [3.63, 3.8) is 0 Å². The lowest BCUT2D eigenvalue weighted by atomic mass is 10.0. The number of aromatic nitrogens is 3. The average Bonchev–Trinajstić information content (AvgIpc) is 3.08. The number of nitrogens with zero attached hydrogens (tertiary/aromatic N) is 4. The number of pyridine rings is 3. The Morgan fingerprint density at radius 1 is 1.03 bits per heavy atom. The van der Waals surface area contributed by atoms with E-state index in [1.165, 1.54) is 18.3 Å². The number of hydrogen-bond acceptors (Lipinski definition) is 7. The highest BCUT2D eigenvalue weighted by Crippen LogP contribution is 2.29. The Labute approximate surface area is 203 Å². The number of likely N-dealkylation sites (tertiary alicyclic amines) is 1. The predicted octanol–water partition coefficient (Wildman–Crippen LogP) is 2.77. The molecule has 1 saturated heterocycles. The first kappa shape index (κ1) is 24.4. The fraction of sp³-hybridized carbons (Fsp3) is 0.458. The van der Waals surface area contributed by atoms with Crippen molar-refractivity contribution in [2.24, 2.45) is 0 Å². The van der Waals surface area contributed by atoms with Crippen molar-refractivity contribution in [3.05, 3.63) is 58.5 Å². The van der Waals surface area contributed by atoms with E-state index in [4.69, 9.17) is 9.47 Å². The highest BCUT2D eigenvalue weighted by Gasteiger charge is 2.20. The second-order valence-corrected chi connectivity index (χ2v) is 8.55. The molecule has 2 aliphatic rings. The van der Waals surface area contributed by atoms with Crippen LogP contribution in [0.1, 0.15) is 25.0 Å². The molecule has 8 nitrogen and oxygen atoms in total. The standard InChI is InChI=1S/C24H28FN5O3.ClH/c25-17-12-21-20(28-14-17)2-3-24(31)30(21)9-8-29-6-4-18(5-7-29)26-15-19-13-22-23(16-27-19)33-11-1-10-32-22;/h2-3,12-14,16,18,26H,1,4-11,15H2;1H. The summed E-state index contributed by atoms with van der Waals surface area (Å²) in [5.74, 6) is 1.05. The van der Waals surface area contributed by atoms with Gasteiger partial charge in [-0.2, -0.15) is 0 Å². The Balaban J connectivity index is 0.00000274. The first-order valence-electron chi connectivity index (χ1n) is 11.5.